The zero-order valence-electron chi connectivity index (χ0n) is 10.9. The van der Waals surface area contributed by atoms with E-state index in [1.165, 1.54) is 0 Å². The SMILES string of the molecule is O=C(Nc1cccc(Cl)c1)c1cccnc1-c1cccs1. The summed E-state index contributed by atoms with van der Waals surface area (Å²) < 4.78 is 0. The molecule has 3 nitrogen and oxygen atoms in total. The maximum Gasteiger partial charge on any atom is 0.257 e. The van der Waals surface area contributed by atoms with E-state index in [9.17, 15) is 4.79 Å². The van der Waals surface area contributed by atoms with Gasteiger partial charge in [0.05, 0.1) is 16.1 Å². The van der Waals surface area contributed by atoms with Crippen molar-refractivity contribution in [1.82, 2.24) is 4.98 Å². The van der Waals surface area contributed by atoms with Crippen molar-refractivity contribution in [2.24, 2.45) is 0 Å². The molecule has 0 saturated heterocycles. The smallest absolute Gasteiger partial charge is 0.257 e. The van der Waals surface area contributed by atoms with Crippen molar-refractivity contribution in [3.63, 3.8) is 0 Å². The van der Waals surface area contributed by atoms with Gasteiger partial charge in [-0.25, -0.2) is 0 Å². The van der Waals surface area contributed by atoms with Crippen LogP contribution in [0, 0.1) is 0 Å². The average Bonchev–Trinajstić information content (AvgIpc) is 3.01. The van der Waals surface area contributed by atoms with Gasteiger partial charge in [0.1, 0.15) is 0 Å². The summed E-state index contributed by atoms with van der Waals surface area (Å²) in [5.74, 6) is -0.200. The van der Waals surface area contributed by atoms with Crippen molar-refractivity contribution in [2.45, 2.75) is 0 Å². The molecule has 1 N–H and O–H groups in total. The molecule has 0 aliphatic carbocycles. The molecule has 104 valence electrons. The number of pyridine rings is 1. The Bertz CT molecular complexity index is 771. The number of nitrogens with one attached hydrogen (secondary N) is 1. The monoisotopic (exact) mass is 314 g/mol. The quantitative estimate of drug-likeness (QED) is 0.760. The first-order valence-electron chi connectivity index (χ1n) is 6.30. The lowest BCUT2D eigenvalue weighted by Crippen LogP contribution is -2.13. The van der Waals surface area contributed by atoms with E-state index in [0.717, 1.165) is 4.88 Å². The molecule has 0 aliphatic heterocycles. The summed E-state index contributed by atoms with van der Waals surface area (Å²) in [6.07, 6.45) is 1.69. The first-order valence-corrected chi connectivity index (χ1v) is 7.55. The van der Waals surface area contributed by atoms with E-state index in [-0.39, 0.29) is 5.91 Å². The van der Waals surface area contributed by atoms with Crippen molar-refractivity contribution in [2.75, 3.05) is 5.32 Å². The number of halogens is 1. The van der Waals surface area contributed by atoms with Crippen molar-refractivity contribution in [1.29, 1.82) is 0 Å². The van der Waals surface area contributed by atoms with Crippen LogP contribution in [0.15, 0.2) is 60.1 Å². The Morgan fingerprint density at radius 3 is 2.81 bits per heavy atom. The van der Waals surface area contributed by atoms with Gasteiger partial charge in [-0.15, -0.1) is 11.3 Å². The van der Waals surface area contributed by atoms with Crippen molar-refractivity contribution < 1.29 is 4.79 Å². The highest BCUT2D eigenvalue weighted by molar-refractivity contribution is 7.13. The van der Waals surface area contributed by atoms with Crippen LogP contribution in [-0.2, 0) is 0 Å². The second kappa shape index (κ2) is 6.08. The molecule has 1 amide bonds. The Labute approximate surface area is 131 Å². The predicted octanol–water partition coefficient (Wildman–Crippen LogP) is 4.72. The molecule has 2 aromatic heterocycles. The molecular formula is C16H11ClN2OS. The summed E-state index contributed by atoms with van der Waals surface area (Å²) in [6, 6.07) is 14.5. The van der Waals surface area contributed by atoms with E-state index in [2.05, 4.69) is 10.3 Å². The molecule has 0 spiro atoms. The van der Waals surface area contributed by atoms with Gasteiger partial charge < -0.3 is 5.32 Å². The number of anilines is 1. The van der Waals surface area contributed by atoms with E-state index in [1.807, 2.05) is 17.5 Å². The average molecular weight is 315 g/mol. The van der Waals surface area contributed by atoms with E-state index in [4.69, 9.17) is 11.6 Å². The van der Waals surface area contributed by atoms with Gasteiger partial charge in [-0.2, -0.15) is 0 Å². The number of benzene rings is 1. The van der Waals surface area contributed by atoms with Crippen molar-refractivity contribution in [3.8, 4) is 10.6 Å². The molecule has 5 heteroatoms. The third-order valence-corrected chi connectivity index (χ3v) is 4.00. The third kappa shape index (κ3) is 3.12. The molecule has 1 aromatic carbocycles. The van der Waals surface area contributed by atoms with Gasteiger partial charge in [0.2, 0.25) is 0 Å². The number of aromatic nitrogens is 1. The number of carbonyl (C=O) groups is 1. The fourth-order valence-electron chi connectivity index (χ4n) is 1.96. The van der Waals surface area contributed by atoms with Crippen LogP contribution in [0.1, 0.15) is 10.4 Å². The summed E-state index contributed by atoms with van der Waals surface area (Å²) in [4.78, 5) is 17.7. The fourth-order valence-corrected chi connectivity index (χ4v) is 2.89. The molecular weight excluding hydrogens is 304 g/mol. The van der Waals surface area contributed by atoms with Gasteiger partial charge >= 0.3 is 0 Å². The Morgan fingerprint density at radius 2 is 2.05 bits per heavy atom. The topological polar surface area (TPSA) is 42.0 Å². The Balaban J connectivity index is 1.92. The lowest BCUT2D eigenvalue weighted by molar-refractivity contribution is 0.102. The van der Waals surface area contributed by atoms with Gasteiger partial charge in [0.15, 0.2) is 0 Å². The minimum Gasteiger partial charge on any atom is -0.322 e. The second-order valence-corrected chi connectivity index (χ2v) is 5.73. The number of nitrogens with zero attached hydrogens (tertiary/aromatic N) is 1. The van der Waals surface area contributed by atoms with Crippen LogP contribution in [0.5, 0.6) is 0 Å². The standard InChI is InChI=1S/C16H11ClN2OS/c17-11-4-1-5-12(10-11)19-16(20)13-6-2-8-18-15(13)14-7-3-9-21-14/h1-10H,(H,19,20). The molecule has 0 atom stereocenters. The van der Waals surface area contributed by atoms with Crippen LogP contribution >= 0.6 is 22.9 Å². The molecule has 21 heavy (non-hydrogen) atoms. The summed E-state index contributed by atoms with van der Waals surface area (Å²) in [5, 5.41) is 5.38. The number of carbonyl (C=O) groups excluding carboxylic acids is 1. The van der Waals surface area contributed by atoms with Gasteiger partial charge in [0, 0.05) is 16.9 Å². The lowest BCUT2D eigenvalue weighted by Gasteiger charge is -2.08. The molecule has 0 saturated carbocycles. The van der Waals surface area contributed by atoms with E-state index in [0.29, 0.717) is 22.0 Å². The van der Waals surface area contributed by atoms with Gasteiger partial charge in [0.25, 0.3) is 5.91 Å². The molecule has 0 unspecified atom stereocenters. The highest BCUT2D eigenvalue weighted by Crippen LogP contribution is 2.26. The Kier molecular flexibility index (Phi) is 3.99. The summed E-state index contributed by atoms with van der Waals surface area (Å²) >= 11 is 7.48. The molecule has 0 radical (unpaired) electrons. The van der Waals surface area contributed by atoms with Crippen LogP contribution in [0.4, 0.5) is 5.69 Å². The number of thiophene rings is 1. The first-order chi connectivity index (χ1) is 10.2. The normalized spacial score (nSPS) is 10.3. The Hall–Kier alpha value is -2.17. The van der Waals surface area contributed by atoms with Crippen molar-refractivity contribution >= 4 is 34.5 Å². The van der Waals surface area contributed by atoms with E-state index >= 15 is 0 Å². The van der Waals surface area contributed by atoms with Crippen LogP contribution in [0.2, 0.25) is 5.02 Å². The number of rotatable bonds is 3. The predicted molar refractivity (Wildman–Crippen MR) is 87.0 cm³/mol. The lowest BCUT2D eigenvalue weighted by atomic mass is 10.1. The second-order valence-electron chi connectivity index (χ2n) is 4.34. The minimum atomic E-state index is -0.200. The van der Waals surface area contributed by atoms with Gasteiger partial charge in [-0.05, 0) is 41.8 Å². The van der Waals surface area contributed by atoms with E-state index < -0.39 is 0 Å². The maximum absolute atomic E-state index is 12.5. The largest absolute Gasteiger partial charge is 0.322 e. The molecule has 0 fully saturated rings. The molecule has 3 aromatic rings. The van der Waals surface area contributed by atoms with Gasteiger partial charge in [-0.1, -0.05) is 23.7 Å². The molecule has 0 aliphatic rings. The van der Waals surface area contributed by atoms with Crippen LogP contribution in [0.25, 0.3) is 10.6 Å². The number of amides is 1. The zero-order valence-corrected chi connectivity index (χ0v) is 12.5. The summed E-state index contributed by atoms with van der Waals surface area (Å²) in [6.45, 7) is 0. The first kappa shape index (κ1) is 13.8. The highest BCUT2D eigenvalue weighted by Gasteiger charge is 2.14. The third-order valence-electron chi connectivity index (χ3n) is 2.89. The van der Waals surface area contributed by atoms with E-state index in [1.54, 1.807) is 53.9 Å². The zero-order chi connectivity index (χ0) is 14.7. The highest BCUT2D eigenvalue weighted by atomic mass is 35.5. The molecule has 0 bridgehead atoms. The maximum atomic E-state index is 12.5. The summed E-state index contributed by atoms with van der Waals surface area (Å²) in [7, 11) is 0. The number of hydrogen-bond donors (Lipinski definition) is 1. The van der Waals surface area contributed by atoms with Crippen LogP contribution in [-0.4, -0.2) is 10.9 Å². The summed E-state index contributed by atoms with van der Waals surface area (Å²) in [5.41, 5.74) is 1.89. The molecule has 3 rings (SSSR count). The minimum absolute atomic E-state index is 0.200. The Morgan fingerprint density at radius 1 is 1.14 bits per heavy atom. The van der Waals surface area contributed by atoms with Crippen LogP contribution < -0.4 is 5.32 Å². The fraction of sp³-hybridized carbons (Fsp3) is 0. The van der Waals surface area contributed by atoms with Gasteiger partial charge in [-0.3, -0.25) is 9.78 Å². The number of hydrogen-bond acceptors (Lipinski definition) is 3. The van der Waals surface area contributed by atoms with Crippen molar-refractivity contribution in [3.05, 3.63) is 70.7 Å². The van der Waals surface area contributed by atoms with Crippen LogP contribution in [0.3, 0.4) is 0 Å². The molecule has 2 heterocycles.